The van der Waals surface area contributed by atoms with Crippen molar-refractivity contribution in [2.24, 2.45) is 11.6 Å². The summed E-state index contributed by atoms with van der Waals surface area (Å²) < 4.78 is 5.63. The van der Waals surface area contributed by atoms with Crippen molar-refractivity contribution < 1.29 is 9.57 Å². The van der Waals surface area contributed by atoms with Crippen molar-refractivity contribution in [2.45, 2.75) is 6.04 Å². The summed E-state index contributed by atoms with van der Waals surface area (Å²) >= 11 is 0. The van der Waals surface area contributed by atoms with Crippen molar-refractivity contribution in [1.82, 2.24) is 0 Å². The summed E-state index contributed by atoms with van der Waals surface area (Å²) in [6.45, 7) is 0. The molecule has 0 saturated carbocycles. The Labute approximate surface area is 127 Å². The first-order valence-corrected chi connectivity index (χ1v) is 6.59. The van der Waals surface area contributed by atoms with Gasteiger partial charge in [0.05, 0.1) is 18.0 Å². The number of hydrogen-bond donors (Lipinski definition) is 5. The highest BCUT2D eigenvalue weighted by Crippen LogP contribution is 2.47. The maximum absolute atomic E-state index is 6.33. The minimum Gasteiger partial charge on any atom is -0.462 e. The van der Waals surface area contributed by atoms with Gasteiger partial charge in [-0.1, -0.05) is 12.1 Å². The van der Waals surface area contributed by atoms with Crippen molar-refractivity contribution in [3.63, 3.8) is 0 Å². The summed E-state index contributed by atoms with van der Waals surface area (Å²) in [5, 5.41) is 0. The van der Waals surface area contributed by atoms with Gasteiger partial charge < -0.3 is 32.5 Å². The van der Waals surface area contributed by atoms with Crippen molar-refractivity contribution in [3.8, 4) is 11.5 Å². The Hall–Kier alpha value is -2.90. The summed E-state index contributed by atoms with van der Waals surface area (Å²) in [5.74, 6) is 5.76. The van der Waals surface area contributed by atoms with E-state index in [1.165, 1.54) is 0 Å². The topological polar surface area (TPSA) is 149 Å². The monoisotopic (exact) mass is 299 g/mol. The van der Waals surface area contributed by atoms with Gasteiger partial charge in [0, 0.05) is 16.8 Å². The standard InChI is InChI=1S/C15H17N5O2/c16-8-3-1-7(2-4-8)10-6-21-14-9(12(10)18)5-11(17)15(22-20)13(14)19/h1-6,12H,16-20H2. The first-order chi connectivity index (χ1) is 10.5. The second-order valence-corrected chi connectivity index (χ2v) is 5.04. The van der Waals surface area contributed by atoms with Crippen molar-refractivity contribution >= 4 is 22.6 Å². The maximum atomic E-state index is 6.33. The summed E-state index contributed by atoms with van der Waals surface area (Å²) in [6.07, 6.45) is 1.56. The lowest BCUT2D eigenvalue weighted by Gasteiger charge is -2.26. The van der Waals surface area contributed by atoms with Crippen LogP contribution in [0.4, 0.5) is 17.1 Å². The summed E-state index contributed by atoms with van der Waals surface area (Å²) in [7, 11) is 0. The van der Waals surface area contributed by atoms with Crippen molar-refractivity contribution in [3.05, 3.63) is 47.7 Å². The average molecular weight is 299 g/mol. The van der Waals surface area contributed by atoms with E-state index < -0.39 is 6.04 Å². The molecule has 0 spiro atoms. The molecule has 7 heteroatoms. The molecular weight excluding hydrogens is 282 g/mol. The molecule has 22 heavy (non-hydrogen) atoms. The fourth-order valence-corrected chi connectivity index (χ4v) is 2.49. The molecule has 7 nitrogen and oxygen atoms in total. The number of benzene rings is 2. The molecule has 1 atom stereocenters. The SMILES string of the molecule is NOc1c(N)cc2c(c1N)OC=C(c1ccc(N)cc1)C2N. The van der Waals surface area contributed by atoms with Gasteiger partial charge in [0.15, 0.2) is 11.5 Å². The first kappa shape index (κ1) is 14.1. The van der Waals surface area contributed by atoms with Gasteiger partial charge in [-0.05, 0) is 23.8 Å². The molecule has 0 aliphatic carbocycles. The molecule has 2 aromatic carbocycles. The van der Waals surface area contributed by atoms with E-state index in [0.717, 1.165) is 11.1 Å². The van der Waals surface area contributed by atoms with E-state index in [1.54, 1.807) is 24.5 Å². The second-order valence-electron chi connectivity index (χ2n) is 5.04. The molecule has 114 valence electrons. The molecule has 0 radical (unpaired) electrons. The number of nitrogens with two attached hydrogens (primary N) is 5. The lowest BCUT2D eigenvalue weighted by Crippen LogP contribution is -2.20. The van der Waals surface area contributed by atoms with Crippen LogP contribution in [0.3, 0.4) is 0 Å². The Bertz CT molecular complexity index is 756. The van der Waals surface area contributed by atoms with Crippen LogP contribution in [0.1, 0.15) is 17.2 Å². The fraction of sp³-hybridized carbons (Fsp3) is 0.0667. The molecule has 0 saturated heterocycles. The van der Waals surface area contributed by atoms with E-state index in [1.807, 2.05) is 12.1 Å². The smallest absolute Gasteiger partial charge is 0.196 e. The Balaban J connectivity index is 2.07. The molecule has 0 aromatic heterocycles. The minimum absolute atomic E-state index is 0.176. The van der Waals surface area contributed by atoms with Gasteiger partial charge in [-0.25, -0.2) is 0 Å². The molecule has 0 amide bonds. The second kappa shape index (κ2) is 5.14. The molecule has 1 unspecified atom stereocenters. The molecule has 1 aliphatic rings. The van der Waals surface area contributed by atoms with Gasteiger partial charge in [0.25, 0.3) is 0 Å². The number of nitrogen functional groups attached to an aromatic ring is 3. The summed E-state index contributed by atoms with van der Waals surface area (Å²) in [6, 6.07) is 8.56. The average Bonchev–Trinajstić information content (AvgIpc) is 2.50. The van der Waals surface area contributed by atoms with Gasteiger partial charge in [0.2, 0.25) is 0 Å². The number of anilines is 3. The minimum atomic E-state index is -0.441. The van der Waals surface area contributed by atoms with Crippen LogP contribution in [0, 0.1) is 0 Å². The third kappa shape index (κ3) is 2.09. The van der Waals surface area contributed by atoms with Crippen LogP contribution in [-0.4, -0.2) is 0 Å². The van der Waals surface area contributed by atoms with E-state index in [0.29, 0.717) is 22.7 Å². The van der Waals surface area contributed by atoms with Crippen LogP contribution in [0.2, 0.25) is 0 Å². The Morgan fingerprint density at radius 1 is 1.05 bits per heavy atom. The zero-order valence-electron chi connectivity index (χ0n) is 11.7. The zero-order chi connectivity index (χ0) is 15.9. The molecule has 0 fully saturated rings. The highest BCUT2D eigenvalue weighted by Gasteiger charge is 2.27. The van der Waals surface area contributed by atoms with Crippen molar-refractivity contribution in [2.75, 3.05) is 17.2 Å². The number of ether oxygens (including phenoxy) is 1. The van der Waals surface area contributed by atoms with Crippen molar-refractivity contribution in [1.29, 1.82) is 0 Å². The van der Waals surface area contributed by atoms with Crippen LogP contribution in [0.25, 0.3) is 5.57 Å². The van der Waals surface area contributed by atoms with Crippen LogP contribution < -0.4 is 38.4 Å². The summed E-state index contributed by atoms with van der Waals surface area (Å²) in [4.78, 5) is 4.70. The normalized spacial score (nSPS) is 16.5. The summed E-state index contributed by atoms with van der Waals surface area (Å²) in [5.41, 5.74) is 27.5. The van der Waals surface area contributed by atoms with E-state index >= 15 is 0 Å². The fourth-order valence-electron chi connectivity index (χ4n) is 2.49. The largest absolute Gasteiger partial charge is 0.462 e. The number of hydrogen-bond acceptors (Lipinski definition) is 7. The highest BCUT2D eigenvalue weighted by atomic mass is 16.6. The lowest BCUT2D eigenvalue weighted by molar-refractivity contribution is 0.336. The Morgan fingerprint density at radius 2 is 1.73 bits per heavy atom. The third-order valence-corrected chi connectivity index (χ3v) is 3.66. The molecular formula is C15H17N5O2. The van der Waals surface area contributed by atoms with Gasteiger partial charge in [-0.15, -0.1) is 0 Å². The van der Waals surface area contributed by atoms with Gasteiger partial charge in [-0.3, -0.25) is 0 Å². The van der Waals surface area contributed by atoms with Gasteiger partial charge in [0.1, 0.15) is 5.69 Å². The van der Waals surface area contributed by atoms with Crippen LogP contribution in [0.15, 0.2) is 36.6 Å². The molecule has 3 rings (SSSR count). The van der Waals surface area contributed by atoms with E-state index in [-0.39, 0.29) is 11.4 Å². The Morgan fingerprint density at radius 3 is 2.36 bits per heavy atom. The first-order valence-electron chi connectivity index (χ1n) is 6.59. The molecule has 2 aromatic rings. The van der Waals surface area contributed by atoms with E-state index in [2.05, 4.69) is 0 Å². The molecule has 0 bridgehead atoms. The zero-order valence-corrected chi connectivity index (χ0v) is 11.7. The number of fused-ring (bicyclic) bond motifs is 1. The van der Waals surface area contributed by atoms with Gasteiger partial charge >= 0.3 is 0 Å². The van der Waals surface area contributed by atoms with Crippen LogP contribution in [-0.2, 0) is 0 Å². The van der Waals surface area contributed by atoms with Gasteiger partial charge in [-0.2, -0.15) is 5.90 Å². The lowest BCUT2D eigenvalue weighted by atomic mass is 9.91. The molecule has 1 heterocycles. The Kier molecular flexibility index (Phi) is 3.28. The predicted octanol–water partition coefficient (Wildman–Crippen LogP) is 1.12. The van der Waals surface area contributed by atoms with Crippen LogP contribution >= 0.6 is 0 Å². The predicted molar refractivity (Wildman–Crippen MR) is 86.5 cm³/mol. The van der Waals surface area contributed by atoms with E-state index in [9.17, 15) is 0 Å². The molecule has 10 N–H and O–H groups in total. The third-order valence-electron chi connectivity index (χ3n) is 3.66. The molecule has 1 aliphatic heterocycles. The highest BCUT2D eigenvalue weighted by molar-refractivity contribution is 5.82. The quantitative estimate of drug-likeness (QED) is 0.412. The maximum Gasteiger partial charge on any atom is 0.196 e. The van der Waals surface area contributed by atoms with Crippen LogP contribution in [0.5, 0.6) is 11.5 Å². The number of rotatable bonds is 2. The van der Waals surface area contributed by atoms with E-state index in [4.69, 9.17) is 38.4 Å².